The molecule has 2 saturated heterocycles. The van der Waals surface area contributed by atoms with Crippen LogP contribution in [0, 0.1) is 6.92 Å². The van der Waals surface area contributed by atoms with Crippen LogP contribution in [0.3, 0.4) is 0 Å². The molecule has 1 amide bonds. The number of ether oxygens (including phenoxy) is 1. The van der Waals surface area contributed by atoms with E-state index in [0.29, 0.717) is 29.6 Å². The van der Waals surface area contributed by atoms with Crippen molar-refractivity contribution in [2.75, 3.05) is 35.7 Å². The lowest BCUT2D eigenvalue weighted by Crippen LogP contribution is -2.55. The van der Waals surface area contributed by atoms with Gasteiger partial charge in [0.2, 0.25) is 5.95 Å². The third kappa shape index (κ3) is 3.41. The Labute approximate surface area is 209 Å². The number of nitrogens with one attached hydrogen (secondary N) is 2. The lowest BCUT2D eigenvalue weighted by molar-refractivity contribution is -0.140. The molecule has 5 heterocycles. The highest BCUT2D eigenvalue weighted by molar-refractivity contribution is 6.00. The molecule has 7 rings (SSSR count). The van der Waals surface area contributed by atoms with E-state index >= 15 is 0 Å². The standard InChI is InChI=1S/C27H29N7O2/c1-16-10-18(4-5-22(16)34-15-19-12-20(34)14-33(19)2)30-26-28-9-6-21(31-26)17-11-23-24(29-13-17)32-25(35)27(36-23)7-3-8-27/h4-6,9-11,13,19-20H,3,7-8,12,14-15H2,1-2H3,(H,28,30,31)(H,29,32,35). The van der Waals surface area contributed by atoms with Gasteiger partial charge in [0.15, 0.2) is 17.2 Å². The van der Waals surface area contributed by atoms with Crippen molar-refractivity contribution >= 4 is 29.0 Å². The van der Waals surface area contributed by atoms with Gasteiger partial charge in [0.05, 0.1) is 5.69 Å². The van der Waals surface area contributed by atoms with Crippen LogP contribution in [0.5, 0.6) is 5.75 Å². The Morgan fingerprint density at radius 2 is 2.03 bits per heavy atom. The molecule has 3 aliphatic heterocycles. The lowest BCUT2D eigenvalue weighted by atomic mass is 9.78. The maximum atomic E-state index is 12.4. The number of hydrogen-bond acceptors (Lipinski definition) is 8. The van der Waals surface area contributed by atoms with E-state index in [2.05, 4.69) is 62.6 Å². The summed E-state index contributed by atoms with van der Waals surface area (Å²) in [5.41, 5.74) is 4.32. The molecule has 1 aromatic carbocycles. The highest BCUT2D eigenvalue weighted by Gasteiger charge is 2.50. The third-order valence-corrected chi connectivity index (χ3v) is 8.19. The number of benzene rings is 1. The molecule has 4 aliphatic rings. The molecule has 9 nitrogen and oxygen atoms in total. The van der Waals surface area contributed by atoms with E-state index in [-0.39, 0.29) is 5.91 Å². The first-order valence-electron chi connectivity index (χ1n) is 12.7. The molecule has 1 saturated carbocycles. The van der Waals surface area contributed by atoms with Crippen LogP contribution in [0.1, 0.15) is 31.2 Å². The molecule has 2 aromatic heterocycles. The van der Waals surface area contributed by atoms with Crippen molar-refractivity contribution < 1.29 is 9.53 Å². The number of piperazine rings is 1. The average molecular weight is 484 g/mol. The van der Waals surface area contributed by atoms with E-state index in [1.807, 2.05) is 12.1 Å². The summed E-state index contributed by atoms with van der Waals surface area (Å²) in [6.07, 6.45) is 7.16. The van der Waals surface area contributed by atoms with Crippen molar-refractivity contribution in [2.45, 2.75) is 50.3 Å². The van der Waals surface area contributed by atoms with Crippen LogP contribution in [0.2, 0.25) is 0 Å². The van der Waals surface area contributed by atoms with Gasteiger partial charge in [-0.25, -0.2) is 15.0 Å². The van der Waals surface area contributed by atoms with Gasteiger partial charge < -0.3 is 20.3 Å². The van der Waals surface area contributed by atoms with Crippen molar-refractivity contribution in [3.8, 4) is 17.0 Å². The Bertz CT molecular complexity index is 1370. The summed E-state index contributed by atoms with van der Waals surface area (Å²) in [5, 5.41) is 6.25. The number of rotatable bonds is 4. The first-order valence-corrected chi connectivity index (χ1v) is 12.7. The summed E-state index contributed by atoms with van der Waals surface area (Å²) in [7, 11) is 2.23. The molecule has 1 aliphatic carbocycles. The maximum Gasteiger partial charge on any atom is 0.269 e. The minimum atomic E-state index is -0.736. The van der Waals surface area contributed by atoms with Crippen LogP contribution in [0.15, 0.2) is 42.7 Å². The Kier molecular flexibility index (Phi) is 4.73. The van der Waals surface area contributed by atoms with Gasteiger partial charge in [0.1, 0.15) is 0 Å². The molecular weight excluding hydrogens is 454 g/mol. The molecule has 9 heteroatoms. The van der Waals surface area contributed by atoms with E-state index in [1.54, 1.807) is 12.4 Å². The molecule has 1 spiro atoms. The number of nitrogens with zero attached hydrogens (tertiary/aromatic N) is 5. The second kappa shape index (κ2) is 7.89. The van der Waals surface area contributed by atoms with Crippen LogP contribution >= 0.6 is 0 Å². The molecule has 3 aromatic rings. The van der Waals surface area contributed by atoms with Crippen molar-refractivity contribution in [1.29, 1.82) is 0 Å². The molecule has 2 N–H and O–H groups in total. The summed E-state index contributed by atoms with van der Waals surface area (Å²) >= 11 is 0. The molecule has 2 atom stereocenters. The Hall–Kier alpha value is -3.72. The smallest absolute Gasteiger partial charge is 0.269 e. The predicted octanol–water partition coefficient (Wildman–Crippen LogP) is 3.74. The van der Waals surface area contributed by atoms with Crippen LogP contribution in [-0.4, -0.2) is 63.6 Å². The highest BCUT2D eigenvalue weighted by Crippen LogP contribution is 2.44. The van der Waals surface area contributed by atoms with E-state index in [4.69, 9.17) is 9.72 Å². The van der Waals surface area contributed by atoms with Gasteiger partial charge in [-0.3, -0.25) is 9.69 Å². The van der Waals surface area contributed by atoms with E-state index in [0.717, 1.165) is 49.3 Å². The number of hydrogen-bond donors (Lipinski definition) is 2. The Morgan fingerprint density at radius 1 is 1.14 bits per heavy atom. The quantitative estimate of drug-likeness (QED) is 0.580. The maximum absolute atomic E-state index is 12.4. The van der Waals surface area contributed by atoms with Crippen LogP contribution in [0.25, 0.3) is 11.3 Å². The molecular formula is C27H29N7O2. The van der Waals surface area contributed by atoms with Gasteiger partial charge in [0.25, 0.3) is 5.91 Å². The molecule has 2 unspecified atom stereocenters. The number of pyridine rings is 1. The Balaban J connectivity index is 1.10. The van der Waals surface area contributed by atoms with Gasteiger partial charge in [-0.2, -0.15) is 0 Å². The molecule has 0 radical (unpaired) electrons. The zero-order chi connectivity index (χ0) is 24.4. The Morgan fingerprint density at radius 3 is 2.75 bits per heavy atom. The van der Waals surface area contributed by atoms with E-state index < -0.39 is 5.60 Å². The van der Waals surface area contributed by atoms with Crippen molar-refractivity contribution in [2.24, 2.45) is 0 Å². The van der Waals surface area contributed by atoms with Crippen LogP contribution in [0.4, 0.5) is 23.1 Å². The zero-order valence-electron chi connectivity index (χ0n) is 20.5. The van der Waals surface area contributed by atoms with E-state index in [9.17, 15) is 4.79 Å². The number of amides is 1. The first-order chi connectivity index (χ1) is 17.5. The summed E-state index contributed by atoms with van der Waals surface area (Å²) in [4.78, 5) is 31.0. The van der Waals surface area contributed by atoms with Crippen molar-refractivity contribution in [3.05, 3.63) is 48.3 Å². The fourth-order valence-electron chi connectivity index (χ4n) is 5.99. The average Bonchev–Trinajstić information content (AvgIpc) is 3.42. The number of likely N-dealkylation sites (N-methyl/N-ethyl adjacent to an activating group) is 1. The number of anilines is 4. The van der Waals surface area contributed by atoms with Gasteiger partial charge >= 0.3 is 0 Å². The van der Waals surface area contributed by atoms with Crippen LogP contribution < -0.4 is 20.3 Å². The van der Waals surface area contributed by atoms with Gasteiger partial charge in [0, 0.05) is 54.5 Å². The number of carbonyl (C=O) groups excluding carboxylic acids is 1. The monoisotopic (exact) mass is 483 g/mol. The summed E-state index contributed by atoms with van der Waals surface area (Å²) in [6, 6.07) is 11.5. The molecule has 2 bridgehead atoms. The van der Waals surface area contributed by atoms with Gasteiger partial charge in [-0.1, -0.05) is 0 Å². The number of carbonyl (C=O) groups is 1. The van der Waals surface area contributed by atoms with Crippen molar-refractivity contribution in [3.63, 3.8) is 0 Å². The summed E-state index contributed by atoms with van der Waals surface area (Å²) in [6.45, 7) is 4.41. The van der Waals surface area contributed by atoms with Gasteiger partial charge in [-0.05, 0) is 75.5 Å². The number of aromatic nitrogens is 3. The molecule has 36 heavy (non-hydrogen) atoms. The lowest BCUT2D eigenvalue weighted by Gasteiger charge is -2.42. The zero-order valence-corrected chi connectivity index (χ0v) is 20.5. The fraction of sp³-hybridized carbons (Fsp3) is 0.407. The predicted molar refractivity (Wildman–Crippen MR) is 138 cm³/mol. The SMILES string of the molecule is Cc1cc(Nc2nccc(-c3cnc4c(c3)OC3(CCC3)C(=O)N4)n2)ccc1N1CC2CC1CN2C. The first kappa shape index (κ1) is 21.6. The van der Waals surface area contributed by atoms with Gasteiger partial charge in [-0.15, -0.1) is 0 Å². The number of aryl methyl sites for hydroxylation is 1. The molecule has 3 fully saturated rings. The van der Waals surface area contributed by atoms with Crippen LogP contribution in [-0.2, 0) is 4.79 Å². The molecule has 184 valence electrons. The minimum Gasteiger partial charge on any atom is -0.474 e. The second-order valence-corrected chi connectivity index (χ2v) is 10.5. The summed E-state index contributed by atoms with van der Waals surface area (Å²) in [5.74, 6) is 1.47. The minimum absolute atomic E-state index is 0.0964. The summed E-state index contributed by atoms with van der Waals surface area (Å²) < 4.78 is 6.11. The number of fused-ring (bicyclic) bond motifs is 3. The largest absolute Gasteiger partial charge is 0.474 e. The number of likely N-dealkylation sites (tertiary alicyclic amines) is 1. The topological polar surface area (TPSA) is 95.5 Å². The van der Waals surface area contributed by atoms with E-state index in [1.165, 1.54) is 17.7 Å². The fourth-order valence-corrected chi connectivity index (χ4v) is 5.99. The third-order valence-electron chi connectivity index (χ3n) is 8.19. The van der Waals surface area contributed by atoms with Crippen molar-refractivity contribution in [1.82, 2.24) is 19.9 Å². The normalized spacial score (nSPS) is 23.7. The second-order valence-electron chi connectivity index (χ2n) is 10.5. The highest BCUT2D eigenvalue weighted by atomic mass is 16.5.